The number of carbonyl (C=O) groups excluding carboxylic acids is 1. The Bertz CT molecular complexity index is 585. The summed E-state index contributed by atoms with van der Waals surface area (Å²) in [5.41, 5.74) is 1.87. The summed E-state index contributed by atoms with van der Waals surface area (Å²) < 4.78 is 1.33. The molecule has 0 aliphatic heterocycles. The highest BCUT2D eigenvalue weighted by molar-refractivity contribution is 5.88. The Morgan fingerprint density at radius 2 is 1.83 bits per heavy atom. The number of amides is 1. The molecule has 1 aromatic carbocycles. The Hall–Kier alpha value is -2.43. The van der Waals surface area contributed by atoms with Crippen LogP contribution in [-0.4, -0.2) is 20.7 Å². The SMILES string of the molecule is CC(=O)Nc1ccc(-n2c(O)cc(C)c2O)cc1. The summed E-state index contributed by atoms with van der Waals surface area (Å²) in [6.07, 6.45) is 0. The van der Waals surface area contributed by atoms with Crippen molar-refractivity contribution in [3.63, 3.8) is 0 Å². The second-order valence-electron chi connectivity index (χ2n) is 4.07. The average Bonchev–Trinajstić information content (AvgIpc) is 2.54. The molecule has 0 radical (unpaired) electrons. The lowest BCUT2D eigenvalue weighted by molar-refractivity contribution is -0.114. The highest BCUT2D eigenvalue weighted by atomic mass is 16.3. The molecule has 1 aromatic heterocycles. The molecule has 0 bridgehead atoms. The molecule has 0 saturated heterocycles. The van der Waals surface area contributed by atoms with Crippen LogP contribution in [0.3, 0.4) is 0 Å². The van der Waals surface area contributed by atoms with Crippen molar-refractivity contribution in [2.45, 2.75) is 13.8 Å². The average molecular weight is 246 g/mol. The van der Waals surface area contributed by atoms with Crippen LogP contribution < -0.4 is 5.32 Å². The lowest BCUT2D eigenvalue weighted by Gasteiger charge is -2.08. The molecule has 1 amide bonds. The third-order valence-corrected chi connectivity index (χ3v) is 2.59. The molecule has 0 unspecified atom stereocenters. The van der Waals surface area contributed by atoms with Gasteiger partial charge in [0.1, 0.15) is 0 Å². The van der Waals surface area contributed by atoms with Crippen molar-refractivity contribution < 1.29 is 15.0 Å². The molecule has 5 nitrogen and oxygen atoms in total. The predicted molar refractivity (Wildman–Crippen MR) is 68.1 cm³/mol. The normalized spacial score (nSPS) is 10.3. The Kier molecular flexibility index (Phi) is 2.97. The van der Waals surface area contributed by atoms with Gasteiger partial charge in [-0.1, -0.05) is 0 Å². The zero-order valence-corrected chi connectivity index (χ0v) is 10.1. The van der Waals surface area contributed by atoms with E-state index < -0.39 is 0 Å². The summed E-state index contributed by atoms with van der Waals surface area (Å²) >= 11 is 0. The van der Waals surface area contributed by atoms with Gasteiger partial charge in [-0.05, 0) is 31.2 Å². The fourth-order valence-corrected chi connectivity index (χ4v) is 1.76. The van der Waals surface area contributed by atoms with Crippen molar-refractivity contribution in [3.05, 3.63) is 35.9 Å². The number of hydrogen-bond acceptors (Lipinski definition) is 3. The van der Waals surface area contributed by atoms with Gasteiger partial charge in [0.05, 0.1) is 5.69 Å². The number of carbonyl (C=O) groups is 1. The van der Waals surface area contributed by atoms with Gasteiger partial charge in [-0.15, -0.1) is 0 Å². The highest BCUT2D eigenvalue weighted by Crippen LogP contribution is 2.31. The maximum Gasteiger partial charge on any atom is 0.221 e. The van der Waals surface area contributed by atoms with Crippen molar-refractivity contribution in [1.82, 2.24) is 4.57 Å². The molecule has 2 rings (SSSR count). The van der Waals surface area contributed by atoms with E-state index in [1.165, 1.54) is 17.6 Å². The predicted octanol–water partition coefficient (Wildman–Crippen LogP) is 2.16. The van der Waals surface area contributed by atoms with Gasteiger partial charge < -0.3 is 15.5 Å². The van der Waals surface area contributed by atoms with Crippen LogP contribution in [0.15, 0.2) is 30.3 Å². The van der Waals surface area contributed by atoms with Crippen LogP contribution in [0.5, 0.6) is 11.8 Å². The smallest absolute Gasteiger partial charge is 0.221 e. The summed E-state index contributed by atoms with van der Waals surface area (Å²) in [5, 5.41) is 22.2. The van der Waals surface area contributed by atoms with E-state index in [-0.39, 0.29) is 17.7 Å². The van der Waals surface area contributed by atoms with E-state index in [1.54, 1.807) is 31.2 Å². The third-order valence-electron chi connectivity index (χ3n) is 2.59. The number of nitrogens with zero attached hydrogens (tertiary/aromatic N) is 1. The number of aryl methyl sites for hydroxylation is 1. The Labute approximate surface area is 104 Å². The molecule has 0 fully saturated rings. The number of rotatable bonds is 2. The molecule has 0 spiro atoms. The van der Waals surface area contributed by atoms with E-state index >= 15 is 0 Å². The summed E-state index contributed by atoms with van der Waals surface area (Å²) in [6, 6.07) is 8.28. The molecule has 5 heteroatoms. The van der Waals surface area contributed by atoms with E-state index in [4.69, 9.17) is 0 Å². The van der Waals surface area contributed by atoms with Gasteiger partial charge in [-0.2, -0.15) is 0 Å². The Morgan fingerprint density at radius 3 is 2.28 bits per heavy atom. The number of nitrogens with one attached hydrogen (secondary N) is 1. The minimum Gasteiger partial charge on any atom is -0.494 e. The lowest BCUT2D eigenvalue weighted by atomic mass is 10.2. The zero-order valence-electron chi connectivity index (χ0n) is 10.1. The van der Waals surface area contributed by atoms with Crippen molar-refractivity contribution in [3.8, 4) is 17.4 Å². The van der Waals surface area contributed by atoms with Gasteiger partial charge in [0.2, 0.25) is 11.8 Å². The van der Waals surface area contributed by atoms with Crippen LogP contribution in [0.4, 0.5) is 5.69 Å². The lowest BCUT2D eigenvalue weighted by Crippen LogP contribution is -2.05. The first-order valence-corrected chi connectivity index (χ1v) is 5.47. The van der Waals surface area contributed by atoms with E-state index in [2.05, 4.69) is 5.32 Å². The van der Waals surface area contributed by atoms with Crippen LogP contribution in [0.25, 0.3) is 5.69 Å². The quantitative estimate of drug-likeness (QED) is 0.760. The highest BCUT2D eigenvalue weighted by Gasteiger charge is 2.12. The van der Waals surface area contributed by atoms with Gasteiger partial charge in [0, 0.05) is 24.2 Å². The molecule has 0 atom stereocenters. The molecular formula is C13H14N2O3. The van der Waals surface area contributed by atoms with Gasteiger partial charge in [0.15, 0.2) is 5.88 Å². The first-order valence-electron chi connectivity index (χ1n) is 5.47. The van der Waals surface area contributed by atoms with Gasteiger partial charge in [-0.25, -0.2) is 0 Å². The van der Waals surface area contributed by atoms with Crippen LogP contribution in [0.2, 0.25) is 0 Å². The van der Waals surface area contributed by atoms with Crippen molar-refractivity contribution >= 4 is 11.6 Å². The Balaban J connectivity index is 2.37. The minimum absolute atomic E-state index is 0.000206. The van der Waals surface area contributed by atoms with E-state index in [0.29, 0.717) is 16.9 Å². The summed E-state index contributed by atoms with van der Waals surface area (Å²) in [5.74, 6) is -0.178. The summed E-state index contributed by atoms with van der Waals surface area (Å²) in [6.45, 7) is 3.14. The summed E-state index contributed by atoms with van der Waals surface area (Å²) in [4.78, 5) is 10.9. The summed E-state index contributed by atoms with van der Waals surface area (Å²) in [7, 11) is 0. The molecule has 0 aliphatic rings. The van der Waals surface area contributed by atoms with Gasteiger partial charge in [-0.3, -0.25) is 9.36 Å². The number of aromatic hydroxyl groups is 2. The topological polar surface area (TPSA) is 74.5 Å². The molecule has 94 valence electrons. The molecule has 0 saturated carbocycles. The van der Waals surface area contributed by atoms with Crippen molar-refractivity contribution in [2.75, 3.05) is 5.32 Å². The molecular weight excluding hydrogens is 232 g/mol. The first-order chi connectivity index (χ1) is 8.49. The van der Waals surface area contributed by atoms with Crippen LogP contribution in [0, 0.1) is 6.92 Å². The maximum absolute atomic E-state index is 10.9. The Morgan fingerprint density at radius 1 is 1.22 bits per heavy atom. The fraction of sp³-hybridized carbons (Fsp3) is 0.154. The van der Waals surface area contributed by atoms with Crippen molar-refractivity contribution in [2.24, 2.45) is 0 Å². The minimum atomic E-state index is -0.148. The standard InChI is InChI=1S/C13H14N2O3/c1-8-7-12(17)15(13(8)18)11-5-3-10(4-6-11)14-9(2)16/h3-7,17-18H,1-2H3,(H,14,16). The van der Waals surface area contributed by atoms with Gasteiger partial charge >= 0.3 is 0 Å². The largest absolute Gasteiger partial charge is 0.494 e. The second kappa shape index (κ2) is 4.44. The molecule has 0 aliphatic carbocycles. The molecule has 1 heterocycles. The van der Waals surface area contributed by atoms with Crippen molar-refractivity contribution in [1.29, 1.82) is 0 Å². The number of benzene rings is 1. The molecule has 2 aromatic rings. The van der Waals surface area contributed by atoms with Crippen LogP contribution in [-0.2, 0) is 4.79 Å². The van der Waals surface area contributed by atoms with Gasteiger partial charge in [0.25, 0.3) is 0 Å². The van der Waals surface area contributed by atoms with E-state index in [1.807, 2.05) is 0 Å². The maximum atomic E-state index is 10.9. The number of anilines is 1. The number of aromatic nitrogens is 1. The van der Waals surface area contributed by atoms with Crippen LogP contribution >= 0.6 is 0 Å². The second-order valence-corrected chi connectivity index (χ2v) is 4.07. The first kappa shape index (κ1) is 12.0. The monoisotopic (exact) mass is 246 g/mol. The third kappa shape index (κ3) is 2.15. The zero-order chi connectivity index (χ0) is 13.3. The molecule has 18 heavy (non-hydrogen) atoms. The fourth-order valence-electron chi connectivity index (χ4n) is 1.76. The molecule has 3 N–H and O–H groups in total. The van der Waals surface area contributed by atoms with E-state index in [0.717, 1.165) is 0 Å². The van der Waals surface area contributed by atoms with Crippen LogP contribution in [0.1, 0.15) is 12.5 Å². The van der Waals surface area contributed by atoms with E-state index in [9.17, 15) is 15.0 Å². The number of hydrogen-bond donors (Lipinski definition) is 3.